The van der Waals surface area contributed by atoms with Crippen LogP contribution in [0.5, 0.6) is 0 Å². The van der Waals surface area contributed by atoms with Gasteiger partial charge >= 0.3 is 0 Å². The van der Waals surface area contributed by atoms with Gasteiger partial charge in [0.05, 0.1) is 11.1 Å². The molecule has 2 aromatic rings. The van der Waals surface area contributed by atoms with Crippen molar-refractivity contribution in [3.05, 3.63) is 71.0 Å². The van der Waals surface area contributed by atoms with Gasteiger partial charge in [-0.3, -0.25) is 24.1 Å². The Kier molecular flexibility index (Phi) is 8.51. The largest absolute Gasteiger partial charge is 0.354 e. The number of rotatable bonds is 11. The molecule has 1 aliphatic rings. The van der Waals surface area contributed by atoms with E-state index >= 15 is 0 Å². The number of halogens is 1. The number of nitrogens with zero attached hydrogens (tertiary/aromatic N) is 2. The second-order valence-corrected chi connectivity index (χ2v) is 8.27. The Morgan fingerprint density at radius 2 is 1.62 bits per heavy atom. The molecule has 0 radical (unpaired) electrons. The van der Waals surface area contributed by atoms with E-state index in [1.54, 1.807) is 36.4 Å². The third-order valence-electron chi connectivity index (χ3n) is 5.85. The van der Waals surface area contributed by atoms with Crippen molar-refractivity contribution in [1.82, 2.24) is 15.1 Å². The number of nitrogens with one attached hydrogen (secondary N) is 1. The SMILES string of the molecule is CCCNC(=O)[C@H](CC)N(Cc1ccc(F)cc1)C(=O)CCCN1C(=O)c2ccccc2C1=O. The Morgan fingerprint density at radius 1 is 1.00 bits per heavy atom. The van der Waals surface area contributed by atoms with Crippen LogP contribution in [-0.2, 0) is 16.1 Å². The first kappa shape index (κ1) is 25.1. The van der Waals surface area contributed by atoms with Crippen LogP contribution in [0, 0.1) is 5.82 Å². The summed E-state index contributed by atoms with van der Waals surface area (Å²) in [6, 6.07) is 11.8. The Bertz CT molecular complexity index is 1020. The molecule has 8 heteroatoms. The highest BCUT2D eigenvalue weighted by molar-refractivity contribution is 6.21. The lowest BCUT2D eigenvalue weighted by molar-refractivity contribution is -0.141. The van der Waals surface area contributed by atoms with E-state index in [9.17, 15) is 23.6 Å². The van der Waals surface area contributed by atoms with E-state index in [1.165, 1.54) is 17.0 Å². The highest BCUT2D eigenvalue weighted by Gasteiger charge is 2.35. The number of carbonyl (C=O) groups is 4. The molecule has 0 aliphatic carbocycles. The minimum atomic E-state index is -0.677. The predicted octanol–water partition coefficient (Wildman–Crippen LogP) is 3.54. The number of benzene rings is 2. The average molecular weight is 468 g/mol. The second-order valence-electron chi connectivity index (χ2n) is 8.27. The highest BCUT2D eigenvalue weighted by atomic mass is 19.1. The zero-order valence-electron chi connectivity index (χ0n) is 19.6. The van der Waals surface area contributed by atoms with Crippen LogP contribution in [0.2, 0.25) is 0 Å². The van der Waals surface area contributed by atoms with Crippen LogP contribution in [0.15, 0.2) is 48.5 Å². The van der Waals surface area contributed by atoms with Crippen molar-refractivity contribution in [2.75, 3.05) is 13.1 Å². The van der Waals surface area contributed by atoms with Crippen molar-refractivity contribution in [2.24, 2.45) is 0 Å². The van der Waals surface area contributed by atoms with E-state index in [1.807, 2.05) is 13.8 Å². The molecule has 0 bridgehead atoms. The van der Waals surface area contributed by atoms with E-state index in [0.717, 1.165) is 11.3 Å². The minimum absolute atomic E-state index is 0.0617. The summed E-state index contributed by atoms with van der Waals surface area (Å²) in [7, 11) is 0. The molecule has 1 aliphatic heterocycles. The summed E-state index contributed by atoms with van der Waals surface area (Å²) in [4.78, 5) is 53.8. The van der Waals surface area contributed by atoms with Gasteiger partial charge in [0.2, 0.25) is 11.8 Å². The Hall–Kier alpha value is -3.55. The van der Waals surface area contributed by atoms with Gasteiger partial charge < -0.3 is 10.2 Å². The van der Waals surface area contributed by atoms with Crippen LogP contribution in [0.3, 0.4) is 0 Å². The summed E-state index contributed by atoms with van der Waals surface area (Å²) < 4.78 is 13.3. The molecular weight excluding hydrogens is 437 g/mol. The molecule has 1 heterocycles. The number of amides is 4. The van der Waals surface area contributed by atoms with Crippen molar-refractivity contribution in [3.63, 3.8) is 0 Å². The summed E-state index contributed by atoms with van der Waals surface area (Å²) >= 11 is 0. The number of hydrogen-bond acceptors (Lipinski definition) is 4. The zero-order chi connectivity index (χ0) is 24.7. The second kappa shape index (κ2) is 11.5. The van der Waals surface area contributed by atoms with Gasteiger partial charge in [-0.15, -0.1) is 0 Å². The minimum Gasteiger partial charge on any atom is -0.354 e. The van der Waals surface area contributed by atoms with Crippen LogP contribution in [0.1, 0.15) is 65.8 Å². The van der Waals surface area contributed by atoms with Gasteiger partial charge in [-0.2, -0.15) is 0 Å². The summed E-state index contributed by atoms with van der Waals surface area (Å²) in [5.41, 5.74) is 1.45. The maximum absolute atomic E-state index is 13.3. The van der Waals surface area contributed by atoms with E-state index in [4.69, 9.17) is 0 Å². The topological polar surface area (TPSA) is 86.8 Å². The molecule has 4 amide bonds. The number of imide groups is 1. The first-order chi connectivity index (χ1) is 16.4. The third-order valence-corrected chi connectivity index (χ3v) is 5.85. The molecule has 1 N–H and O–H groups in total. The first-order valence-electron chi connectivity index (χ1n) is 11.6. The maximum atomic E-state index is 13.3. The summed E-state index contributed by atoms with van der Waals surface area (Å²) in [6.45, 7) is 4.56. The molecule has 0 fully saturated rings. The maximum Gasteiger partial charge on any atom is 0.261 e. The van der Waals surface area contributed by atoms with Crippen molar-refractivity contribution in [2.45, 2.75) is 52.1 Å². The fourth-order valence-electron chi connectivity index (χ4n) is 4.05. The van der Waals surface area contributed by atoms with Gasteiger partial charge in [-0.1, -0.05) is 38.1 Å². The Balaban J connectivity index is 1.69. The average Bonchev–Trinajstić information content (AvgIpc) is 3.08. The van der Waals surface area contributed by atoms with E-state index < -0.39 is 6.04 Å². The van der Waals surface area contributed by atoms with Gasteiger partial charge in [0.25, 0.3) is 11.8 Å². The monoisotopic (exact) mass is 467 g/mol. The molecule has 0 saturated heterocycles. The van der Waals surface area contributed by atoms with E-state index in [0.29, 0.717) is 29.7 Å². The molecular formula is C26H30FN3O4. The van der Waals surface area contributed by atoms with Crippen LogP contribution in [0.25, 0.3) is 0 Å². The Labute approximate surface area is 198 Å². The van der Waals surface area contributed by atoms with Crippen molar-refractivity contribution in [1.29, 1.82) is 0 Å². The number of hydrogen-bond donors (Lipinski definition) is 1. The van der Waals surface area contributed by atoms with Crippen LogP contribution < -0.4 is 5.32 Å². The predicted molar refractivity (Wildman–Crippen MR) is 125 cm³/mol. The highest BCUT2D eigenvalue weighted by Crippen LogP contribution is 2.23. The van der Waals surface area contributed by atoms with Gasteiger partial charge in [-0.05, 0) is 49.1 Å². The normalized spacial score (nSPS) is 13.6. The lowest BCUT2D eigenvalue weighted by Gasteiger charge is -2.31. The number of carbonyl (C=O) groups excluding carboxylic acids is 4. The van der Waals surface area contributed by atoms with Crippen LogP contribution in [-0.4, -0.2) is 52.6 Å². The molecule has 0 aromatic heterocycles. The molecule has 2 aromatic carbocycles. The van der Waals surface area contributed by atoms with Gasteiger partial charge in [-0.25, -0.2) is 4.39 Å². The summed E-state index contributed by atoms with van der Waals surface area (Å²) in [6.07, 6.45) is 1.53. The third kappa shape index (κ3) is 5.68. The van der Waals surface area contributed by atoms with Gasteiger partial charge in [0.1, 0.15) is 11.9 Å². The summed E-state index contributed by atoms with van der Waals surface area (Å²) in [5.74, 6) is -1.60. The van der Waals surface area contributed by atoms with Crippen molar-refractivity contribution >= 4 is 23.6 Å². The molecule has 0 spiro atoms. The molecule has 3 rings (SSSR count). The summed E-state index contributed by atoms with van der Waals surface area (Å²) in [5, 5.41) is 2.85. The number of fused-ring (bicyclic) bond motifs is 1. The standard InChI is InChI=1S/C26H30FN3O4/c1-3-15-28-24(32)22(4-2)30(17-18-11-13-19(27)14-12-18)23(31)10-7-16-29-25(33)20-8-5-6-9-21(20)26(29)34/h5-6,8-9,11-14,22H,3-4,7,10,15-17H2,1-2H3,(H,28,32)/t22-/m0/s1. The fraction of sp³-hybridized carbons (Fsp3) is 0.385. The van der Waals surface area contributed by atoms with Crippen molar-refractivity contribution in [3.8, 4) is 0 Å². The van der Waals surface area contributed by atoms with E-state index in [-0.39, 0.29) is 55.4 Å². The first-order valence-corrected chi connectivity index (χ1v) is 11.6. The molecule has 34 heavy (non-hydrogen) atoms. The molecule has 7 nitrogen and oxygen atoms in total. The Morgan fingerprint density at radius 3 is 2.18 bits per heavy atom. The zero-order valence-corrected chi connectivity index (χ0v) is 19.6. The smallest absolute Gasteiger partial charge is 0.261 e. The van der Waals surface area contributed by atoms with Crippen LogP contribution >= 0.6 is 0 Å². The lowest BCUT2D eigenvalue weighted by Crippen LogP contribution is -2.49. The molecule has 0 saturated carbocycles. The van der Waals surface area contributed by atoms with Gasteiger partial charge in [0.15, 0.2) is 0 Å². The lowest BCUT2D eigenvalue weighted by atomic mass is 10.1. The van der Waals surface area contributed by atoms with Crippen molar-refractivity contribution < 1.29 is 23.6 Å². The molecule has 180 valence electrons. The quantitative estimate of drug-likeness (QED) is 0.512. The molecule has 0 unspecified atom stereocenters. The van der Waals surface area contributed by atoms with Crippen LogP contribution in [0.4, 0.5) is 4.39 Å². The molecule has 1 atom stereocenters. The fourth-order valence-corrected chi connectivity index (χ4v) is 4.05. The van der Waals surface area contributed by atoms with E-state index in [2.05, 4.69) is 5.32 Å². The van der Waals surface area contributed by atoms with Gasteiger partial charge in [0, 0.05) is 26.1 Å².